The summed E-state index contributed by atoms with van der Waals surface area (Å²) in [6, 6.07) is -1.76. The van der Waals surface area contributed by atoms with Crippen molar-refractivity contribution in [1.82, 2.24) is 10.6 Å². The summed E-state index contributed by atoms with van der Waals surface area (Å²) in [5, 5.41) is 5.14. The Balaban J connectivity index is 3.22. The van der Waals surface area contributed by atoms with Gasteiger partial charge in [-0.15, -0.1) is 0 Å². The molecule has 0 heterocycles. The lowest BCUT2D eigenvalue weighted by Gasteiger charge is -2.29. The Morgan fingerprint density at radius 3 is 1.69 bits per heavy atom. The van der Waals surface area contributed by atoms with Crippen LogP contribution in [0.4, 0.5) is 0 Å². The number of Topliss-reactive ketones (excluding diaryl/α,β-unsaturated/α-hetero) is 1. The quantitative estimate of drug-likeness (QED) is 0.425. The van der Waals surface area contributed by atoms with Gasteiger partial charge in [-0.1, -0.05) is 11.1 Å². The van der Waals surface area contributed by atoms with Crippen LogP contribution < -0.4 is 10.6 Å². The molecule has 0 aromatic heterocycles. The maximum Gasteiger partial charge on any atom is 0.328 e. The van der Waals surface area contributed by atoms with Crippen molar-refractivity contribution >= 4 is 29.5 Å². The van der Waals surface area contributed by atoms with Gasteiger partial charge >= 0.3 is 11.9 Å². The van der Waals surface area contributed by atoms with Crippen LogP contribution in [0.2, 0.25) is 0 Å². The Bertz CT molecular complexity index is 699. The highest BCUT2D eigenvalue weighted by atomic mass is 16.5. The lowest BCUT2D eigenvalue weighted by atomic mass is 9.78. The maximum atomic E-state index is 12.1. The fourth-order valence-corrected chi connectivity index (χ4v) is 3.54. The number of ketones is 1. The predicted octanol–water partition coefficient (Wildman–Crippen LogP) is 0.808. The summed E-state index contributed by atoms with van der Waals surface area (Å²) in [6.45, 7) is 4.13. The van der Waals surface area contributed by atoms with Crippen molar-refractivity contribution in [3.63, 3.8) is 0 Å². The Morgan fingerprint density at radius 2 is 1.31 bits per heavy atom. The van der Waals surface area contributed by atoms with Crippen LogP contribution in [-0.4, -0.2) is 55.8 Å². The van der Waals surface area contributed by atoms with Crippen LogP contribution >= 0.6 is 0 Å². The largest absolute Gasteiger partial charge is 0.467 e. The van der Waals surface area contributed by atoms with Crippen molar-refractivity contribution in [1.29, 1.82) is 0 Å². The van der Waals surface area contributed by atoms with E-state index >= 15 is 0 Å². The normalized spacial score (nSPS) is 18.3. The van der Waals surface area contributed by atoms with Crippen molar-refractivity contribution in [3.8, 4) is 0 Å². The zero-order valence-electron chi connectivity index (χ0n) is 17.6. The Kier molecular flexibility index (Phi) is 9.50. The number of ether oxygens (including phenoxy) is 2. The molecule has 2 N–H and O–H groups in total. The van der Waals surface area contributed by atoms with Gasteiger partial charge in [0.25, 0.3) is 0 Å². The Morgan fingerprint density at radius 1 is 0.862 bits per heavy atom. The lowest BCUT2D eigenvalue weighted by Crippen LogP contribution is -2.42. The number of amides is 2. The summed E-state index contributed by atoms with van der Waals surface area (Å²) in [7, 11) is 2.47. The van der Waals surface area contributed by atoms with Gasteiger partial charge in [-0.25, -0.2) is 9.59 Å². The molecule has 0 saturated heterocycles. The Labute approximate surface area is 170 Å². The number of hydrogen-bond donors (Lipinski definition) is 2. The van der Waals surface area contributed by atoms with Crippen molar-refractivity contribution in [2.45, 2.75) is 65.0 Å². The van der Waals surface area contributed by atoms with Crippen LogP contribution in [0.15, 0.2) is 11.1 Å². The fourth-order valence-electron chi connectivity index (χ4n) is 3.54. The SMILES string of the molecule is COC(=O)[C@@H](CC1=C(C[C@@H](NC(C)=O)C(=O)OC)CC(C(C)=O)CC1)NC(C)=O. The van der Waals surface area contributed by atoms with E-state index in [1.807, 2.05) is 0 Å². The van der Waals surface area contributed by atoms with Crippen LogP contribution in [0.5, 0.6) is 0 Å². The highest BCUT2D eigenvalue weighted by molar-refractivity contribution is 5.84. The topological polar surface area (TPSA) is 128 Å². The first-order valence-electron chi connectivity index (χ1n) is 9.49. The van der Waals surface area contributed by atoms with E-state index in [0.29, 0.717) is 19.3 Å². The van der Waals surface area contributed by atoms with Gasteiger partial charge in [0.05, 0.1) is 14.2 Å². The summed E-state index contributed by atoms with van der Waals surface area (Å²) < 4.78 is 9.56. The van der Waals surface area contributed by atoms with E-state index < -0.39 is 24.0 Å². The summed E-state index contributed by atoms with van der Waals surface area (Å²) in [6.07, 6.45) is 1.96. The molecule has 1 rings (SSSR count). The van der Waals surface area contributed by atoms with Gasteiger partial charge in [0.15, 0.2) is 0 Å². The van der Waals surface area contributed by atoms with Gasteiger partial charge in [0, 0.05) is 19.8 Å². The standard InChI is InChI=1S/C20H30N2O7/c1-11(23)14-6-7-15(9-17(19(26)28-4)21-12(2)24)16(8-14)10-18(20(27)29-5)22-13(3)25/h14,17-18H,6-10H2,1-5H3,(H,21,24)(H,22,25)/t14?,17-,18-/m1/s1. The minimum Gasteiger partial charge on any atom is -0.467 e. The van der Waals surface area contributed by atoms with Gasteiger partial charge in [0.2, 0.25) is 11.8 Å². The van der Waals surface area contributed by atoms with E-state index in [-0.39, 0.29) is 36.4 Å². The molecule has 1 aliphatic rings. The van der Waals surface area contributed by atoms with Crippen LogP contribution in [0, 0.1) is 5.92 Å². The van der Waals surface area contributed by atoms with Gasteiger partial charge < -0.3 is 20.1 Å². The van der Waals surface area contributed by atoms with E-state index in [2.05, 4.69) is 10.6 Å². The maximum absolute atomic E-state index is 12.1. The molecule has 1 unspecified atom stereocenters. The zero-order chi connectivity index (χ0) is 22.1. The van der Waals surface area contributed by atoms with E-state index in [0.717, 1.165) is 11.1 Å². The first kappa shape index (κ1) is 24.3. The summed E-state index contributed by atoms with van der Waals surface area (Å²) in [5.41, 5.74) is 1.67. The molecule has 0 fully saturated rings. The molecule has 0 aromatic rings. The second-order valence-corrected chi connectivity index (χ2v) is 7.22. The molecular formula is C20H30N2O7. The smallest absolute Gasteiger partial charge is 0.328 e. The molecule has 0 aromatic carbocycles. The van der Waals surface area contributed by atoms with Gasteiger partial charge in [0.1, 0.15) is 17.9 Å². The van der Waals surface area contributed by atoms with Crippen LogP contribution in [0.25, 0.3) is 0 Å². The van der Waals surface area contributed by atoms with Crippen LogP contribution in [0.3, 0.4) is 0 Å². The summed E-state index contributed by atoms with van der Waals surface area (Å²) in [5.74, 6) is -2.07. The number of rotatable bonds is 9. The summed E-state index contributed by atoms with van der Waals surface area (Å²) in [4.78, 5) is 59.1. The zero-order valence-corrected chi connectivity index (χ0v) is 17.6. The molecule has 0 saturated carbocycles. The second kappa shape index (κ2) is 11.3. The number of methoxy groups -OCH3 is 2. The third-order valence-corrected chi connectivity index (χ3v) is 4.99. The minimum absolute atomic E-state index is 0.0436. The number of carbonyl (C=O) groups is 5. The number of esters is 2. The fraction of sp³-hybridized carbons (Fsp3) is 0.650. The highest BCUT2D eigenvalue weighted by Gasteiger charge is 2.31. The van der Waals surface area contributed by atoms with Crippen LogP contribution in [0.1, 0.15) is 52.9 Å². The minimum atomic E-state index is -0.898. The average molecular weight is 410 g/mol. The van der Waals surface area contributed by atoms with Gasteiger partial charge in [-0.05, 0) is 39.0 Å². The van der Waals surface area contributed by atoms with E-state index in [4.69, 9.17) is 9.47 Å². The molecule has 3 atom stereocenters. The van der Waals surface area contributed by atoms with Crippen molar-refractivity contribution in [3.05, 3.63) is 11.1 Å². The van der Waals surface area contributed by atoms with E-state index in [1.165, 1.54) is 35.0 Å². The second-order valence-electron chi connectivity index (χ2n) is 7.22. The van der Waals surface area contributed by atoms with Crippen LogP contribution in [-0.2, 0) is 33.4 Å². The van der Waals surface area contributed by atoms with Gasteiger partial charge in [-0.2, -0.15) is 0 Å². The molecule has 0 spiro atoms. The molecule has 1 aliphatic carbocycles. The first-order chi connectivity index (χ1) is 13.6. The predicted molar refractivity (Wildman–Crippen MR) is 104 cm³/mol. The molecule has 0 bridgehead atoms. The van der Waals surface area contributed by atoms with Crippen molar-refractivity contribution in [2.24, 2.45) is 5.92 Å². The third kappa shape index (κ3) is 7.67. The molecular weight excluding hydrogens is 380 g/mol. The lowest BCUT2D eigenvalue weighted by molar-refractivity contribution is -0.145. The first-order valence-corrected chi connectivity index (χ1v) is 9.49. The third-order valence-electron chi connectivity index (χ3n) is 4.99. The van der Waals surface area contributed by atoms with Crippen molar-refractivity contribution < 1.29 is 33.4 Å². The molecule has 29 heavy (non-hydrogen) atoms. The van der Waals surface area contributed by atoms with Crippen molar-refractivity contribution in [2.75, 3.05) is 14.2 Å². The molecule has 2 amide bonds. The molecule has 9 nitrogen and oxygen atoms in total. The summed E-state index contributed by atoms with van der Waals surface area (Å²) >= 11 is 0. The highest BCUT2D eigenvalue weighted by Crippen LogP contribution is 2.35. The molecule has 0 radical (unpaired) electrons. The molecule has 0 aliphatic heterocycles. The monoisotopic (exact) mass is 410 g/mol. The van der Waals surface area contributed by atoms with E-state index in [9.17, 15) is 24.0 Å². The molecule has 162 valence electrons. The molecule has 9 heteroatoms. The van der Waals surface area contributed by atoms with E-state index in [1.54, 1.807) is 0 Å². The Hall–Kier alpha value is -2.71. The van der Waals surface area contributed by atoms with Gasteiger partial charge in [-0.3, -0.25) is 14.4 Å². The average Bonchev–Trinajstić information content (AvgIpc) is 2.65. The number of hydrogen-bond acceptors (Lipinski definition) is 7. The number of nitrogens with one attached hydrogen (secondary N) is 2. The number of carbonyl (C=O) groups excluding carboxylic acids is 5.